The highest BCUT2D eigenvalue weighted by atomic mass is 32.1. The Morgan fingerprint density at radius 2 is 2.00 bits per heavy atom. The number of aryl methyl sites for hydroxylation is 3. The van der Waals surface area contributed by atoms with Crippen LogP contribution in [-0.4, -0.2) is 23.1 Å². The van der Waals surface area contributed by atoms with Crippen molar-refractivity contribution < 1.29 is 0 Å². The molecule has 120 valence electrons. The molecule has 0 aliphatic heterocycles. The highest BCUT2D eigenvalue weighted by Crippen LogP contribution is 2.41. The molecular formula is C18H22N4S. The first-order valence-corrected chi connectivity index (χ1v) is 8.75. The zero-order valence-electron chi connectivity index (χ0n) is 13.8. The molecule has 0 radical (unpaired) electrons. The first-order valence-electron chi connectivity index (χ1n) is 7.93. The molecule has 0 atom stereocenters. The van der Waals surface area contributed by atoms with Crippen molar-refractivity contribution in [3.05, 3.63) is 40.5 Å². The predicted molar refractivity (Wildman–Crippen MR) is 99.2 cm³/mol. The number of rotatable bonds is 5. The molecule has 0 saturated heterocycles. The number of nitrogens with zero attached hydrogens (tertiary/aromatic N) is 2. The summed E-state index contributed by atoms with van der Waals surface area (Å²) in [6.07, 6.45) is 2.61. The van der Waals surface area contributed by atoms with Crippen LogP contribution in [0.2, 0.25) is 0 Å². The summed E-state index contributed by atoms with van der Waals surface area (Å²) in [7, 11) is 0. The fourth-order valence-corrected chi connectivity index (χ4v) is 3.86. The second-order valence-electron chi connectivity index (χ2n) is 5.67. The van der Waals surface area contributed by atoms with Crippen molar-refractivity contribution in [1.29, 1.82) is 0 Å². The number of aromatic nitrogens is 2. The summed E-state index contributed by atoms with van der Waals surface area (Å²) in [4.78, 5) is 11.3. The van der Waals surface area contributed by atoms with Crippen molar-refractivity contribution >= 4 is 27.4 Å². The van der Waals surface area contributed by atoms with Crippen molar-refractivity contribution in [3.63, 3.8) is 0 Å². The number of nitrogens with two attached hydrogens (primary N) is 1. The first-order chi connectivity index (χ1) is 11.2. The van der Waals surface area contributed by atoms with Gasteiger partial charge in [-0.2, -0.15) is 0 Å². The van der Waals surface area contributed by atoms with Gasteiger partial charge in [0.2, 0.25) is 0 Å². The summed E-state index contributed by atoms with van der Waals surface area (Å²) in [5.41, 5.74) is 10.7. The van der Waals surface area contributed by atoms with E-state index in [1.807, 2.05) is 0 Å². The third kappa shape index (κ3) is 2.94. The van der Waals surface area contributed by atoms with Gasteiger partial charge in [0.25, 0.3) is 0 Å². The van der Waals surface area contributed by atoms with Crippen molar-refractivity contribution in [2.45, 2.75) is 27.2 Å². The maximum atomic E-state index is 5.63. The van der Waals surface area contributed by atoms with E-state index < -0.39 is 0 Å². The summed E-state index contributed by atoms with van der Waals surface area (Å²) >= 11 is 1.75. The van der Waals surface area contributed by atoms with E-state index in [0.717, 1.165) is 22.5 Å². The van der Waals surface area contributed by atoms with Gasteiger partial charge in [0.05, 0.1) is 5.39 Å². The Kier molecular flexibility index (Phi) is 4.59. The van der Waals surface area contributed by atoms with Gasteiger partial charge in [-0.1, -0.05) is 25.1 Å². The molecule has 2 aromatic heterocycles. The van der Waals surface area contributed by atoms with E-state index in [1.54, 1.807) is 17.7 Å². The third-order valence-corrected chi connectivity index (χ3v) is 5.36. The first kappa shape index (κ1) is 15.9. The standard InChI is InChI=1S/C18H22N4S/c1-4-14-15(13-6-5-11(2)12(3)9-13)16-17(20-8-7-19)21-10-22-18(16)23-14/h5-6,9-10H,4,7-8,19H2,1-3H3,(H,20,21,22). The van der Waals surface area contributed by atoms with Crippen molar-refractivity contribution in [2.24, 2.45) is 5.73 Å². The Hall–Kier alpha value is -1.98. The lowest BCUT2D eigenvalue weighted by molar-refractivity contribution is 1.01. The molecule has 5 heteroatoms. The Morgan fingerprint density at radius 3 is 2.70 bits per heavy atom. The molecule has 2 heterocycles. The molecule has 3 aromatic rings. The molecule has 3 rings (SSSR count). The van der Waals surface area contributed by atoms with Gasteiger partial charge in [-0.25, -0.2) is 9.97 Å². The van der Waals surface area contributed by atoms with Crippen LogP contribution < -0.4 is 11.1 Å². The molecule has 0 aliphatic carbocycles. The number of fused-ring (bicyclic) bond motifs is 1. The molecule has 0 aliphatic rings. The van der Waals surface area contributed by atoms with Gasteiger partial charge in [-0.15, -0.1) is 11.3 Å². The van der Waals surface area contributed by atoms with Crippen molar-refractivity contribution in [2.75, 3.05) is 18.4 Å². The van der Waals surface area contributed by atoms with Crippen molar-refractivity contribution in [3.8, 4) is 11.1 Å². The van der Waals surface area contributed by atoms with Crippen LogP contribution >= 0.6 is 11.3 Å². The lowest BCUT2D eigenvalue weighted by atomic mass is 9.98. The Bertz CT molecular complexity index is 838. The molecule has 0 fully saturated rings. The van der Waals surface area contributed by atoms with Gasteiger partial charge in [0, 0.05) is 23.5 Å². The number of hydrogen-bond donors (Lipinski definition) is 2. The lowest BCUT2D eigenvalue weighted by Gasteiger charge is -2.10. The molecule has 4 nitrogen and oxygen atoms in total. The minimum atomic E-state index is 0.579. The molecule has 0 saturated carbocycles. The van der Waals surface area contributed by atoms with Crippen LogP contribution in [0.3, 0.4) is 0 Å². The summed E-state index contributed by atoms with van der Waals surface area (Å²) in [6, 6.07) is 6.64. The van der Waals surface area contributed by atoms with Crippen LogP contribution in [0.1, 0.15) is 22.9 Å². The second kappa shape index (κ2) is 6.64. The maximum Gasteiger partial charge on any atom is 0.138 e. The van der Waals surface area contributed by atoms with Crippen LogP contribution in [0.5, 0.6) is 0 Å². The van der Waals surface area contributed by atoms with E-state index in [4.69, 9.17) is 5.73 Å². The third-order valence-electron chi connectivity index (χ3n) is 4.11. The molecule has 23 heavy (non-hydrogen) atoms. The highest BCUT2D eigenvalue weighted by Gasteiger charge is 2.18. The van der Waals surface area contributed by atoms with E-state index in [-0.39, 0.29) is 0 Å². The van der Waals surface area contributed by atoms with Gasteiger partial charge < -0.3 is 11.1 Å². The summed E-state index contributed by atoms with van der Waals surface area (Å²) in [5, 5.41) is 4.46. The predicted octanol–water partition coefficient (Wildman–Crippen LogP) is 3.91. The van der Waals surface area contributed by atoms with Crippen LogP contribution in [0, 0.1) is 13.8 Å². The Balaban J connectivity index is 2.26. The summed E-state index contributed by atoms with van der Waals surface area (Å²) in [6.45, 7) is 7.77. The van der Waals surface area contributed by atoms with E-state index in [2.05, 4.69) is 54.3 Å². The summed E-state index contributed by atoms with van der Waals surface area (Å²) < 4.78 is 0. The van der Waals surface area contributed by atoms with Crippen LogP contribution in [0.25, 0.3) is 21.3 Å². The molecular weight excluding hydrogens is 304 g/mol. The lowest BCUT2D eigenvalue weighted by Crippen LogP contribution is -2.14. The summed E-state index contributed by atoms with van der Waals surface area (Å²) in [5.74, 6) is 0.879. The molecule has 1 aromatic carbocycles. The monoisotopic (exact) mass is 326 g/mol. The zero-order valence-corrected chi connectivity index (χ0v) is 14.6. The van der Waals surface area contributed by atoms with Gasteiger partial charge in [-0.05, 0) is 37.0 Å². The molecule has 0 bridgehead atoms. The molecule has 0 unspecified atom stereocenters. The van der Waals surface area contributed by atoms with E-state index in [9.17, 15) is 0 Å². The SMILES string of the molecule is CCc1sc2ncnc(NCCN)c2c1-c1ccc(C)c(C)c1. The van der Waals surface area contributed by atoms with E-state index >= 15 is 0 Å². The molecule has 0 amide bonds. The quantitative estimate of drug-likeness (QED) is 0.746. The van der Waals surface area contributed by atoms with E-state index in [1.165, 1.54) is 27.1 Å². The number of anilines is 1. The second-order valence-corrected chi connectivity index (χ2v) is 6.75. The van der Waals surface area contributed by atoms with Gasteiger partial charge in [0.1, 0.15) is 17.0 Å². The maximum absolute atomic E-state index is 5.63. The number of hydrogen-bond acceptors (Lipinski definition) is 5. The Morgan fingerprint density at radius 1 is 1.17 bits per heavy atom. The average molecular weight is 326 g/mol. The largest absolute Gasteiger partial charge is 0.368 e. The normalized spacial score (nSPS) is 11.1. The zero-order chi connectivity index (χ0) is 16.4. The smallest absolute Gasteiger partial charge is 0.138 e. The number of nitrogens with one attached hydrogen (secondary N) is 1. The van der Waals surface area contributed by atoms with Crippen LogP contribution in [0.4, 0.5) is 5.82 Å². The highest BCUT2D eigenvalue weighted by molar-refractivity contribution is 7.19. The van der Waals surface area contributed by atoms with E-state index in [0.29, 0.717) is 13.1 Å². The van der Waals surface area contributed by atoms with Crippen molar-refractivity contribution in [1.82, 2.24) is 9.97 Å². The number of benzene rings is 1. The minimum absolute atomic E-state index is 0.579. The van der Waals surface area contributed by atoms with Gasteiger partial charge in [0.15, 0.2) is 0 Å². The molecule has 0 spiro atoms. The van der Waals surface area contributed by atoms with Gasteiger partial charge >= 0.3 is 0 Å². The Labute approximate surface area is 140 Å². The fourth-order valence-electron chi connectivity index (χ4n) is 2.76. The van der Waals surface area contributed by atoms with Gasteiger partial charge in [-0.3, -0.25) is 0 Å². The van der Waals surface area contributed by atoms with Crippen LogP contribution in [-0.2, 0) is 6.42 Å². The minimum Gasteiger partial charge on any atom is -0.368 e. The average Bonchev–Trinajstić information content (AvgIpc) is 2.94. The van der Waals surface area contributed by atoms with Crippen LogP contribution in [0.15, 0.2) is 24.5 Å². The molecule has 3 N–H and O–H groups in total. The topological polar surface area (TPSA) is 63.8 Å². The number of thiophene rings is 1. The fraction of sp³-hybridized carbons (Fsp3) is 0.333.